The minimum absolute atomic E-state index is 0.0926. The molecule has 1 aromatic heterocycles. The Morgan fingerprint density at radius 3 is 2.50 bits per heavy atom. The molecule has 0 aliphatic rings. The van der Waals surface area contributed by atoms with Crippen LogP contribution in [0.2, 0.25) is 0 Å². The van der Waals surface area contributed by atoms with Crippen LogP contribution in [0.4, 0.5) is 14.6 Å². The van der Waals surface area contributed by atoms with Gasteiger partial charge in [-0.2, -0.15) is 0 Å². The van der Waals surface area contributed by atoms with Gasteiger partial charge in [-0.15, -0.1) is 0 Å². The normalized spacial score (nSPS) is 11.2. The predicted octanol–water partition coefficient (Wildman–Crippen LogP) is 3.07. The Morgan fingerprint density at radius 1 is 1.28 bits per heavy atom. The van der Waals surface area contributed by atoms with Crippen molar-refractivity contribution in [2.75, 3.05) is 5.73 Å². The predicted molar refractivity (Wildman–Crippen MR) is 67.1 cm³/mol. The molecule has 0 spiro atoms. The maximum Gasteiger partial charge on any atom is 0.168 e. The molecule has 0 aliphatic heterocycles. The Labute approximate surface area is 104 Å². The molecule has 0 saturated carbocycles. The number of anilines is 1. The van der Waals surface area contributed by atoms with Crippen LogP contribution in [0, 0.1) is 11.6 Å². The van der Waals surface area contributed by atoms with Crippen LogP contribution in [-0.2, 0) is 7.05 Å². The highest BCUT2D eigenvalue weighted by molar-refractivity contribution is 5.71. The molecule has 2 aromatic rings. The van der Waals surface area contributed by atoms with Crippen molar-refractivity contribution in [2.24, 2.45) is 7.05 Å². The van der Waals surface area contributed by atoms with Gasteiger partial charge in [0.15, 0.2) is 11.6 Å². The van der Waals surface area contributed by atoms with E-state index in [0.717, 1.165) is 11.9 Å². The average Bonchev–Trinajstić information content (AvgIpc) is 2.61. The summed E-state index contributed by atoms with van der Waals surface area (Å²) in [7, 11) is 1.76. The number of imidazole rings is 1. The average molecular weight is 251 g/mol. The quantitative estimate of drug-likeness (QED) is 0.891. The third kappa shape index (κ3) is 1.85. The summed E-state index contributed by atoms with van der Waals surface area (Å²) < 4.78 is 28.6. The molecule has 2 rings (SSSR count). The van der Waals surface area contributed by atoms with Gasteiger partial charge >= 0.3 is 0 Å². The van der Waals surface area contributed by atoms with E-state index in [4.69, 9.17) is 5.73 Å². The van der Waals surface area contributed by atoms with Gasteiger partial charge in [0.2, 0.25) is 0 Å². The van der Waals surface area contributed by atoms with Crippen LogP contribution >= 0.6 is 0 Å². The third-order valence-corrected chi connectivity index (χ3v) is 2.90. The Morgan fingerprint density at radius 2 is 1.94 bits per heavy atom. The summed E-state index contributed by atoms with van der Waals surface area (Å²) in [6.45, 7) is 3.93. The smallest absolute Gasteiger partial charge is 0.168 e. The van der Waals surface area contributed by atoms with Crippen LogP contribution in [0.15, 0.2) is 18.2 Å². The number of nitrogens with zero attached hydrogens (tertiary/aromatic N) is 2. The number of benzene rings is 1. The van der Waals surface area contributed by atoms with E-state index in [0.29, 0.717) is 11.5 Å². The number of rotatable bonds is 2. The van der Waals surface area contributed by atoms with E-state index in [2.05, 4.69) is 4.98 Å². The summed E-state index contributed by atoms with van der Waals surface area (Å²) in [5.41, 5.74) is 6.29. The fourth-order valence-corrected chi connectivity index (χ4v) is 1.93. The lowest BCUT2D eigenvalue weighted by atomic mass is 10.1. The van der Waals surface area contributed by atoms with Crippen molar-refractivity contribution < 1.29 is 8.78 Å². The molecule has 0 saturated heterocycles. The van der Waals surface area contributed by atoms with Gasteiger partial charge in [0.05, 0.1) is 0 Å². The van der Waals surface area contributed by atoms with Crippen molar-refractivity contribution in [2.45, 2.75) is 19.8 Å². The molecule has 96 valence electrons. The first-order chi connectivity index (χ1) is 8.43. The first-order valence-electron chi connectivity index (χ1n) is 5.70. The Hall–Kier alpha value is -1.91. The van der Waals surface area contributed by atoms with Crippen LogP contribution in [-0.4, -0.2) is 9.55 Å². The highest BCUT2D eigenvalue weighted by Gasteiger charge is 2.19. The van der Waals surface area contributed by atoms with Crippen molar-refractivity contribution in [1.82, 2.24) is 9.55 Å². The molecule has 0 amide bonds. The summed E-state index contributed by atoms with van der Waals surface area (Å²) >= 11 is 0. The molecule has 2 N–H and O–H groups in total. The van der Waals surface area contributed by atoms with E-state index in [1.165, 1.54) is 12.1 Å². The zero-order valence-corrected chi connectivity index (χ0v) is 10.5. The zero-order chi connectivity index (χ0) is 13.4. The van der Waals surface area contributed by atoms with Crippen molar-refractivity contribution in [3.8, 4) is 11.3 Å². The van der Waals surface area contributed by atoms with Crippen LogP contribution < -0.4 is 5.73 Å². The minimum Gasteiger partial charge on any atom is -0.383 e. The lowest BCUT2D eigenvalue weighted by Crippen LogP contribution is -2.03. The maximum absolute atomic E-state index is 13.7. The fourth-order valence-electron chi connectivity index (χ4n) is 1.93. The Bertz CT molecular complexity index is 588. The minimum atomic E-state index is -0.919. The van der Waals surface area contributed by atoms with Gasteiger partial charge in [-0.25, -0.2) is 13.8 Å². The summed E-state index contributed by atoms with van der Waals surface area (Å²) in [4.78, 5) is 4.31. The van der Waals surface area contributed by atoms with Crippen LogP contribution in [0.5, 0.6) is 0 Å². The molecular weight excluding hydrogens is 236 g/mol. The Balaban J connectivity index is 2.65. The van der Waals surface area contributed by atoms with Gasteiger partial charge < -0.3 is 10.3 Å². The topological polar surface area (TPSA) is 43.8 Å². The van der Waals surface area contributed by atoms with Crippen LogP contribution in [0.3, 0.4) is 0 Å². The van der Waals surface area contributed by atoms with Gasteiger partial charge in [0, 0.05) is 18.5 Å². The standard InChI is InChI=1S/C13H15F2N3/c1-7(2)13-17-11(12(16)18(13)3)8-5-4-6-9(14)10(8)15/h4-7H,16H2,1-3H3. The molecule has 0 radical (unpaired) electrons. The molecule has 0 atom stereocenters. The summed E-state index contributed by atoms with van der Waals surface area (Å²) in [5, 5.41) is 0. The molecule has 1 heterocycles. The highest BCUT2D eigenvalue weighted by atomic mass is 19.2. The molecule has 0 bridgehead atoms. The van der Waals surface area contributed by atoms with Crippen molar-refractivity contribution >= 4 is 5.82 Å². The van der Waals surface area contributed by atoms with Crippen LogP contribution in [0.25, 0.3) is 11.3 Å². The van der Waals surface area contributed by atoms with Crippen LogP contribution in [0.1, 0.15) is 25.6 Å². The first-order valence-corrected chi connectivity index (χ1v) is 5.70. The maximum atomic E-state index is 13.7. The largest absolute Gasteiger partial charge is 0.383 e. The van der Waals surface area contributed by atoms with E-state index in [1.54, 1.807) is 11.6 Å². The number of hydrogen-bond acceptors (Lipinski definition) is 2. The van der Waals surface area contributed by atoms with Gasteiger partial charge in [0.1, 0.15) is 17.3 Å². The van der Waals surface area contributed by atoms with Gasteiger partial charge in [-0.05, 0) is 12.1 Å². The molecule has 3 nitrogen and oxygen atoms in total. The van der Waals surface area contributed by atoms with E-state index in [-0.39, 0.29) is 11.5 Å². The monoisotopic (exact) mass is 251 g/mol. The molecular formula is C13H15F2N3. The lowest BCUT2D eigenvalue weighted by Gasteiger charge is -2.04. The highest BCUT2D eigenvalue weighted by Crippen LogP contribution is 2.30. The van der Waals surface area contributed by atoms with Gasteiger partial charge in [-0.3, -0.25) is 0 Å². The molecule has 1 aromatic carbocycles. The summed E-state index contributed by atoms with van der Waals surface area (Å²) in [5.74, 6) is -0.585. The number of nitrogen functional groups attached to an aromatic ring is 1. The number of nitrogens with two attached hydrogens (primary N) is 1. The lowest BCUT2D eigenvalue weighted by molar-refractivity contribution is 0.511. The Kier molecular flexibility index (Phi) is 3.07. The SMILES string of the molecule is CC(C)c1nc(-c2cccc(F)c2F)c(N)n1C. The molecule has 0 aliphatic carbocycles. The fraction of sp³-hybridized carbons (Fsp3) is 0.308. The van der Waals surface area contributed by atoms with Crippen molar-refractivity contribution in [3.05, 3.63) is 35.7 Å². The van der Waals surface area contributed by atoms with E-state index >= 15 is 0 Å². The molecule has 0 unspecified atom stereocenters. The number of aromatic nitrogens is 2. The van der Waals surface area contributed by atoms with Gasteiger partial charge in [-0.1, -0.05) is 19.9 Å². The van der Waals surface area contributed by atoms with Gasteiger partial charge in [0.25, 0.3) is 0 Å². The summed E-state index contributed by atoms with van der Waals surface area (Å²) in [6.07, 6.45) is 0. The van der Waals surface area contributed by atoms with E-state index in [9.17, 15) is 8.78 Å². The number of hydrogen-bond donors (Lipinski definition) is 1. The molecule has 5 heteroatoms. The van der Waals surface area contributed by atoms with E-state index < -0.39 is 11.6 Å². The second-order valence-corrected chi connectivity index (χ2v) is 4.52. The zero-order valence-electron chi connectivity index (χ0n) is 10.5. The third-order valence-electron chi connectivity index (χ3n) is 2.90. The van der Waals surface area contributed by atoms with E-state index in [1.807, 2.05) is 13.8 Å². The first kappa shape index (κ1) is 12.5. The molecule has 0 fully saturated rings. The number of halogens is 2. The molecule has 18 heavy (non-hydrogen) atoms. The van der Waals surface area contributed by atoms with Crippen molar-refractivity contribution in [3.63, 3.8) is 0 Å². The van der Waals surface area contributed by atoms with Crippen molar-refractivity contribution in [1.29, 1.82) is 0 Å². The second-order valence-electron chi connectivity index (χ2n) is 4.52. The summed E-state index contributed by atoms with van der Waals surface area (Å²) in [6, 6.07) is 3.99. The second kappa shape index (κ2) is 4.40.